The average molecular weight is 411 g/mol. The highest BCUT2D eigenvalue weighted by Crippen LogP contribution is 2.53. The summed E-state index contributed by atoms with van der Waals surface area (Å²) in [6.07, 6.45) is 3.17. The molecule has 8 nitrogen and oxygen atoms in total. The van der Waals surface area contributed by atoms with Crippen LogP contribution in [0, 0.1) is 11.8 Å². The Morgan fingerprint density at radius 2 is 1.83 bits per heavy atom. The zero-order chi connectivity index (χ0) is 20.9. The van der Waals surface area contributed by atoms with Crippen molar-refractivity contribution in [1.29, 1.82) is 0 Å². The maximum absolute atomic E-state index is 13.4. The van der Waals surface area contributed by atoms with Crippen molar-refractivity contribution in [2.24, 2.45) is 11.8 Å². The maximum atomic E-state index is 13.4. The zero-order valence-corrected chi connectivity index (χ0v) is 16.9. The van der Waals surface area contributed by atoms with E-state index in [9.17, 15) is 14.4 Å². The second-order valence-electron chi connectivity index (χ2n) is 8.17. The maximum Gasteiger partial charge on any atom is 0.409 e. The Bertz CT molecular complexity index is 895. The van der Waals surface area contributed by atoms with Crippen LogP contribution in [-0.2, 0) is 19.1 Å². The third-order valence-corrected chi connectivity index (χ3v) is 6.57. The molecule has 4 atom stereocenters. The lowest BCUT2D eigenvalue weighted by atomic mass is 9.76. The predicted molar refractivity (Wildman–Crippen MR) is 108 cm³/mol. The lowest BCUT2D eigenvalue weighted by Gasteiger charge is -2.36. The summed E-state index contributed by atoms with van der Waals surface area (Å²) in [7, 11) is 0. The van der Waals surface area contributed by atoms with Crippen LogP contribution in [0.3, 0.4) is 0 Å². The molecular weight excluding hydrogens is 386 g/mol. The first-order chi connectivity index (χ1) is 14.5. The Labute approximate surface area is 175 Å². The van der Waals surface area contributed by atoms with Gasteiger partial charge in [0.2, 0.25) is 11.8 Å². The van der Waals surface area contributed by atoms with Crippen LogP contribution in [-0.4, -0.2) is 78.7 Å². The average Bonchev–Trinajstić information content (AvgIpc) is 3.42. The molecule has 5 rings (SSSR count). The lowest BCUT2D eigenvalue weighted by molar-refractivity contribution is -0.141. The molecule has 3 fully saturated rings. The molecule has 4 aliphatic rings. The SMILES string of the molecule is CCOC(=O)N1CCN(C(=O)C2C3C=C[C@]4(CN(c5ccccc5)C(=O)C24)O3)CC1. The summed E-state index contributed by atoms with van der Waals surface area (Å²) in [4.78, 5) is 43.8. The molecule has 2 bridgehead atoms. The number of nitrogens with zero attached hydrogens (tertiary/aromatic N) is 3. The molecule has 3 unspecified atom stereocenters. The molecule has 3 amide bonds. The summed E-state index contributed by atoms with van der Waals surface area (Å²) in [5.41, 5.74) is 0.0889. The molecule has 0 aromatic heterocycles. The van der Waals surface area contributed by atoms with Crippen molar-refractivity contribution < 1.29 is 23.9 Å². The highest BCUT2D eigenvalue weighted by atomic mass is 16.6. The molecule has 8 heteroatoms. The summed E-state index contributed by atoms with van der Waals surface area (Å²) in [6, 6.07) is 9.50. The second kappa shape index (κ2) is 7.12. The quantitative estimate of drug-likeness (QED) is 0.700. The van der Waals surface area contributed by atoms with Gasteiger partial charge in [0.25, 0.3) is 0 Å². The van der Waals surface area contributed by atoms with Crippen molar-refractivity contribution in [1.82, 2.24) is 9.80 Å². The molecule has 30 heavy (non-hydrogen) atoms. The summed E-state index contributed by atoms with van der Waals surface area (Å²) in [5, 5.41) is 0. The van der Waals surface area contributed by atoms with E-state index in [0.717, 1.165) is 5.69 Å². The molecule has 1 spiro atoms. The van der Waals surface area contributed by atoms with E-state index in [-0.39, 0.29) is 24.0 Å². The van der Waals surface area contributed by atoms with Crippen LogP contribution < -0.4 is 4.90 Å². The molecule has 158 valence electrons. The first-order valence-corrected chi connectivity index (χ1v) is 10.5. The number of anilines is 1. The van der Waals surface area contributed by atoms with Gasteiger partial charge in [0.15, 0.2) is 0 Å². The molecule has 0 aliphatic carbocycles. The monoisotopic (exact) mass is 411 g/mol. The van der Waals surface area contributed by atoms with Crippen LogP contribution in [0.15, 0.2) is 42.5 Å². The third-order valence-electron chi connectivity index (χ3n) is 6.57. The van der Waals surface area contributed by atoms with Gasteiger partial charge in [-0.05, 0) is 19.1 Å². The minimum absolute atomic E-state index is 0.0587. The van der Waals surface area contributed by atoms with E-state index in [1.807, 2.05) is 42.5 Å². The number of ether oxygens (including phenoxy) is 2. The zero-order valence-electron chi connectivity index (χ0n) is 16.9. The number of hydrogen-bond acceptors (Lipinski definition) is 5. The first kappa shape index (κ1) is 19.1. The lowest BCUT2D eigenvalue weighted by Crippen LogP contribution is -2.54. The Morgan fingerprint density at radius 1 is 1.13 bits per heavy atom. The highest BCUT2D eigenvalue weighted by molar-refractivity contribution is 6.03. The van der Waals surface area contributed by atoms with Crippen LogP contribution in [0.1, 0.15) is 6.92 Å². The van der Waals surface area contributed by atoms with Crippen LogP contribution in [0.2, 0.25) is 0 Å². The largest absolute Gasteiger partial charge is 0.450 e. The number of hydrogen-bond donors (Lipinski definition) is 0. The molecule has 0 saturated carbocycles. The Morgan fingerprint density at radius 3 is 2.53 bits per heavy atom. The van der Waals surface area contributed by atoms with Gasteiger partial charge in [-0.3, -0.25) is 9.59 Å². The number of benzene rings is 1. The number of carbonyl (C=O) groups is 3. The van der Waals surface area contributed by atoms with Crippen molar-refractivity contribution >= 4 is 23.6 Å². The number of rotatable bonds is 3. The van der Waals surface area contributed by atoms with Crippen LogP contribution in [0.25, 0.3) is 0 Å². The van der Waals surface area contributed by atoms with E-state index in [4.69, 9.17) is 9.47 Å². The van der Waals surface area contributed by atoms with E-state index in [0.29, 0.717) is 39.3 Å². The minimum Gasteiger partial charge on any atom is -0.450 e. The Balaban J connectivity index is 1.33. The Hall–Kier alpha value is -2.87. The van der Waals surface area contributed by atoms with Crippen LogP contribution in [0.4, 0.5) is 10.5 Å². The summed E-state index contributed by atoms with van der Waals surface area (Å²) in [5.74, 6) is -1.16. The van der Waals surface area contributed by atoms with Gasteiger partial charge in [-0.15, -0.1) is 0 Å². The van der Waals surface area contributed by atoms with Gasteiger partial charge in [-0.25, -0.2) is 4.79 Å². The van der Waals surface area contributed by atoms with E-state index in [2.05, 4.69) is 0 Å². The molecule has 0 N–H and O–H groups in total. The van der Waals surface area contributed by atoms with Crippen LogP contribution in [0.5, 0.6) is 0 Å². The second-order valence-corrected chi connectivity index (χ2v) is 8.17. The van der Waals surface area contributed by atoms with E-state index >= 15 is 0 Å². The van der Waals surface area contributed by atoms with Gasteiger partial charge in [0.05, 0.1) is 31.1 Å². The van der Waals surface area contributed by atoms with E-state index in [1.165, 1.54) is 0 Å². The minimum atomic E-state index is -0.731. The fourth-order valence-electron chi connectivity index (χ4n) is 5.14. The third kappa shape index (κ3) is 2.81. The smallest absolute Gasteiger partial charge is 0.409 e. The number of fused-ring (bicyclic) bond motifs is 1. The predicted octanol–water partition coefficient (Wildman–Crippen LogP) is 1.27. The summed E-state index contributed by atoms with van der Waals surface area (Å²) < 4.78 is 11.3. The molecule has 0 radical (unpaired) electrons. The highest BCUT2D eigenvalue weighted by Gasteiger charge is 2.67. The van der Waals surface area contributed by atoms with Crippen molar-refractivity contribution in [3.63, 3.8) is 0 Å². The summed E-state index contributed by atoms with van der Waals surface area (Å²) in [6.45, 7) is 4.25. The fraction of sp³-hybridized carbons (Fsp3) is 0.500. The van der Waals surface area contributed by atoms with Gasteiger partial charge in [0, 0.05) is 31.9 Å². The van der Waals surface area contributed by atoms with Crippen LogP contribution >= 0.6 is 0 Å². The molecule has 4 aliphatic heterocycles. The molecule has 1 aromatic carbocycles. The number of para-hydroxylation sites is 1. The fourth-order valence-corrected chi connectivity index (χ4v) is 5.14. The van der Waals surface area contributed by atoms with E-state index < -0.39 is 17.4 Å². The topological polar surface area (TPSA) is 79.4 Å². The number of amides is 3. The van der Waals surface area contributed by atoms with Gasteiger partial charge in [-0.1, -0.05) is 30.4 Å². The first-order valence-electron chi connectivity index (χ1n) is 10.5. The molecule has 3 saturated heterocycles. The molecule has 4 heterocycles. The number of piperazine rings is 1. The van der Waals surface area contributed by atoms with Crippen molar-refractivity contribution in [3.8, 4) is 0 Å². The Kier molecular flexibility index (Phi) is 4.54. The van der Waals surface area contributed by atoms with Gasteiger partial charge in [-0.2, -0.15) is 0 Å². The number of carbonyl (C=O) groups excluding carboxylic acids is 3. The van der Waals surface area contributed by atoms with Gasteiger partial charge < -0.3 is 24.2 Å². The van der Waals surface area contributed by atoms with Gasteiger partial charge >= 0.3 is 6.09 Å². The normalized spacial score (nSPS) is 32.0. The van der Waals surface area contributed by atoms with Crippen molar-refractivity contribution in [2.75, 3.05) is 44.2 Å². The summed E-state index contributed by atoms with van der Waals surface area (Å²) >= 11 is 0. The van der Waals surface area contributed by atoms with E-state index in [1.54, 1.807) is 21.6 Å². The van der Waals surface area contributed by atoms with Gasteiger partial charge in [0.1, 0.15) is 5.60 Å². The van der Waals surface area contributed by atoms with Crippen molar-refractivity contribution in [2.45, 2.75) is 18.6 Å². The standard InChI is InChI=1S/C22H25N3O5/c1-2-29-21(28)24-12-10-23(11-13-24)19(26)17-16-8-9-22(30-16)14-25(20(27)18(17)22)15-6-4-3-5-7-15/h3-9,16-18H,2,10-14H2,1H3/t16?,17?,18?,22-/m1/s1. The molecular formula is C22H25N3O5. The van der Waals surface area contributed by atoms with Crippen molar-refractivity contribution in [3.05, 3.63) is 42.5 Å². The molecule has 1 aromatic rings.